The van der Waals surface area contributed by atoms with E-state index in [9.17, 15) is 23.3 Å². The van der Waals surface area contributed by atoms with Gasteiger partial charge < -0.3 is 9.47 Å². The molecule has 0 saturated heterocycles. The Morgan fingerprint density at radius 3 is 2.15 bits per heavy atom. The predicted octanol–water partition coefficient (Wildman–Crippen LogP) is 0.839. The molecule has 0 unspecified atom stereocenters. The van der Waals surface area contributed by atoms with E-state index in [2.05, 4.69) is 0 Å². The molecule has 1 aromatic rings. The van der Waals surface area contributed by atoms with Gasteiger partial charge in [-0.3, -0.25) is 14.9 Å². The van der Waals surface area contributed by atoms with Crippen LogP contribution in [0.3, 0.4) is 0 Å². The molecule has 0 bridgehead atoms. The lowest BCUT2D eigenvalue weighted by Gasteiger charge is -2.09. The Labute approximate surface area is 115 Å². The maximum Gasteiger partial charge on any atom is 0.284 e. The Hall–Kier alpha value is -2.16. The van der Waals surface area contributed by atoms with Crippen LogP contribution in [0.25, 0.3) is 0 Å². The smallest absolute Gasteiger partial charge is 0.284 e. The van der Waals surface area contributed by atoms with Crippen molar-refractivity contribution in [2.45, 2.75) is 0 Å². The van der Waals surface area contributed by atoms with Crippen LogP contribution in [0.2, 0.25) is 0 Å². The van der Waals surface area contributed by atoms with Crippen molar-refractivity contribution in [3.8, 4) is 11.5 Å². The lowest BCUT2D eigenvalue weighted by atomic mass is 10.1. The summed E-state index contributed by atoms with van der Waals surface area (Å²) in [5.41, 5.74) is -0.866. The van der Waals surface area contributed by atoms with Crippen molar-refractivity contribution < 1.29 is 27.6 Å². The number of benzene rings is 1. The first kappa shape index (κ1) is 15.9. The van der Waals surface area contributed by atoms with Crippen LogP contribution in [-0.2, 0) is 9.84 Å². The molecule has 0 saturated carbocycles. The molecule has 0 aliphatic rings. The van der Waals surface area contributed by atoms with Crippen LogP contribution in [-0.4, -0.2) is 45.4 Å². The maximum absolute atomic E-state index is 11.9. The second-order valence-corrected chi connectivity index (χ2v) is 6.11. The van der Waals surface area contributed by atoms with Crippen molar-refractivity contribution >= 4 is 21.3 Å². The number of ether oxygens (including phenoxy) is 2. The Morgan fingerprint density at radius 2 is 1.75 bits per heavy atom. The fraction of sp³-hybridized carbons (Fsp3) is 0.364. The SMILES string of the molecule is COc1cc(C(=O)CS(C)(=O)=O)c([N+](=O)[O-])cc1OC. The van der Waals surface area contributed by atoms with Gasteiger partial charge in [-0.25, -0.2) is 8.42 Å². The highest BCUT2D eigenvalue weighted by molar-refractivity contribution is 7.91. The van der Waals surface area contributed by atoms with E-state index in [1.54, 1.807) is 0 Å². The number of nitro benzene ring substituents is 1. The van der Waals surface area contributed by atoms with Crippen LogP contribution in [0, 0.1) is 10.1 Å². The van der Waals surface area contributed by atoms with Gasteiger partial charge in [-0.2, -0.15) is 0 Å². The molecule has 0 amide bonds. The van der Waals surface area contributed by atoms with Crippen molar-refractivity contribution in [2.75, 3.05) is 26.2 Å². The van der Waals surface area contributed by atoms with Crippen molar-refractivity contribution in [2.24, 2.45) is 0 Å². The summed E-state index contributed by atoms with van der Waals surface area (Å²) >= 11 is 0. The van der Waals surface area contributed by atoms with E-state index in [1.807, 2.05) is 0 Å². The number of hydrogen-bond donors (Lipinski definition) is 0. The quantitative estimate of drug-likeness (QED) is 0.434. The molecule has 0 heterocycles. The van der Waals surface area contributed by atoms with Crippen molar-refractivity contribution in [1.82, 2.24) is 0 Å². The number of hydrogen-bond acceptors (Lipinski definition) is 7. The lowest BCUT2D eigenvalue weighted by Crippen LogP contribution is -2.16. The molecule has 0 aliphatic carbocycles. The van der Waals surface area contributed by atoms with E-state index >= 15 is 0 Å². The average Bonchev–Trinajstić information content (AvgIpc) is 2.34. The number of sulfone groups is 1. The molecule has 8 nitrogen and oxygen atoms in total. The Bertz CT molecular complexity index is 651. The summed E-state index contributed by atoms with van der Waals surface area (Å²) in [6.07, 6.45) is 0.873. The maximum atomic E-state index is 11.9. The van der Waals surface area contributed by atoms with Gasteiger partial charge in [0.15, 0.2) is 27.1 Å². The third-order valence-electron chi connectivity index (χ3n) is 2.39. The minimum Gasteiger partial charge on any atom is -0.493 e. The zero-order valence-corrected chi connectivity index (χ0v) is 11.9. The van der Waals surface area contributed by atoms with Gasteiger partial charge in [0, 0.05) is 12.3 Å². The minimum absolute atomic E-state index is 0.0788. The molecule has 110 valence electrons. The fourth-order valence-corrected chi connectivity index (χ4v) is 2.19. The second-order valence-electron chi connectivity index (χ2n) is 3.97. The average molecular weight is 303 g/mol. The molecule has 0 spiro atoms. The number of Topliss-reactive ketones (excluding diaryl/α,β-unsaturated/α-hetero) is 1. The summed E-state index contributed by atoms with van der Waals surface area (Å²) in [5.74, 6) is -1.51. The van der Waals surface area contributed by atoms with Gasteiger partial charge in [-0.05, 0) is 0 Å². The van der Waals surface area contributed by atoms with E-state index in [1.165, 1.54) is 14.2 Å². The zero-order valence-electron chi connectivity index (χ0n) is 11.1. The number of carbonyl (C=O) groups is 1. The first-order valence-corrected chi connectivity index (χ1v) is 7.37. The van der Waals surface area contributed by atoms with Crippen molar-refractivity contribution in [3.63, 3.8) is 0 Å². The van der Waals surface area contributed by atoms with Crippen LogP contribution in [0.15, 0.2) is 12.1 Å². The molecule has 1 rings (SSSR count). The van der Waals surface area contributed by atoms with E-state index in [0.717, 1.165) is 18.4 Å². The van der Waals surface area contributed by atoms with Crippen molar-refractivity contribution in [1.29, 1.82) is 0 Å². The number of nitro groups is 1. The van der Waals surface area contributed by atoms with Crippen LogP contribution >= 0.6 is 0 Å². The molecule has 20 heavy (non-hydrogen) atoms. The molecular formula is C11H13NO7S. The first-order valence-electron chi connectivity index (χ1n) is 5.31. The summed E-state index contributed by atoms with van der Waals surface area (Å²) in [4.78, 5) is 22.1. The third kappa shape index (κ3) is 3.67. The largest absolute Gasteiger partial charge is 0.493 e. The molecule has 0 aromatic heterocycles. The molecular weight excluding hydrogens is 290 g/mol. The van der Waals surface area contributed by atoms with Gasteiger partial charge in [0.2, 0.25) is 0 Å². The van der Waals surface area contributed by atoms with Crippen LogP contribution in [0.5, 0.6) is 11.5 Å². The molecule has 9 heteroatoms. The van der Waals surface area contributed by atoms with E-state index in [0.29, 0.717) is 0 Å². The first-order chi connectivity index (χ1) is 9.19. The number of carbonyl (C=O) groups excluding carboxylic acids is 1. The number of ketones is 1. The number of methoxy groups -OCH3 is 2. The van der Waals surface area contributed by atoms with Gasteiger partial charge in [0.05, 0.1) is 25.2 Å². The third-order valence-corrected chi connectivity index (χ3v) is 3.18. The van der Waals surface area contributed by atoms with E-state index in [4.69, 9.17) is 9.47 Å². The molecule has 0 atom stereocenters. The topological polar surface area (TPSA) is 113 Å². The zero-order chi connectivity index (χ0) is 15.5. The van der Waals surface area contributed by atoms with Gasteiger partial charge in [0.25, 0.3) is 5.69 Å². The summed E-state index contributed by atoms with van der Waals surface area (Å²) in [5, 5.41) is 11.0. The fourth-order valence-electron chi connectivity index (χ4n) is 1.56. The molecule has 0 N–H and O–H groups in total. The molecule has 0 fully saturated rings. The standard InChI is InChI=1S/C11H13NO7S/c1-18-10-4-7(9(13)6-20(3,16)17)8(12(14)15)5-11(10)19-2/h4-5H,6H2,1-3H3. The molecule has 0 radical (unpaired) electrons. The molecule has 0 aliphatic heterocycles. The molecule has 1 aromatic carbocycles. The minimum atomic E-state index is -3.59. The predicted molar refractivity (Wildman–Crippen MR) is 70.2 cm³/mol. The van der Waals surface area contributed by atoms with Crippen molar-refractivity contribution in [3.05, 3.63) is 27.8 Å². The van der Waals surface area contributed by atoms with Crippen LogP contribution in [0.1, 0.15) is 10.4 Å². The van der Waals surface area contributed by atoms with Crippen LogP contribution < -0.4 is 9.47 Å². The number of rotatable bonds is 6. The van der Waals surface area contributed by atoms with E-state index < -0.39 is 32.0 Å². The summed E-state index contributed by atoms with van der Waals surface area (Å²) in [7, 11) is -1.00. The highest BCUT2D eigenvalue weighted by Crippen LogP contribution is 2.34. The van der Waals surface area contributed by atoms with E-state index in [-0.39, 0.29) is 17.1 Å². The summed E-state index contributed by atoms with van der Waals surface area (Å²) in [6.45, 7) is 0. The second kappa shape index (κ2) is 5.87. The highest BCUT2D eigenvalue weighted by Gasteiger charge is 2.26. The highest BCUT2D eigenvalue weighted by atomic mass is 32.2. The van der Waals surface area contributed by atoms with Gasteiger partial charge in [0.1, 0.15) is 11.3 Å². The van der Waals surface area contributed by atoms with Gasteiger partial charge >= 0.3 is 0 Å². The lowest BCUT2D eigenvalue weighted by molar-refractivity contribution is -0.385. The van der Waals surface area contributed by atoms with Gasteiger partial charge in [-0.1, -0.05) is 0 Å². The Morgan fingerprint density at radius 1 is 1.25 bits per heavy atom. The normalized spacial score (nSPS) is 10.9. The number of nitrogens with zero attached hydrogens (tertiary/aromatic N) is 1. The summed E-state index contributed by atoms with van der Waals surface area (Å²) < 4.78 is 32.1. The van der Waals surface area contributed by atoms with Gasteiger partial charge in [-0.15, -0.1) is 0 Å². The summed E-state index contributed by atoms with van der Waals surface area (Å²) in [6, 6.07) is 2.12. The Kier molecular flexibility index (Phi) is 4.66. The monoisotopic (exact) mass is 303 g/mol. The Balaban J connectivity index is 3.43. The van der Waals surface area contributed by atoms with Crippen LogP contribution in [0.4, 0.5) is 5.69 Å².